The summed E-state index contributed by atoms with van der Waals surface area (Å²) in [5.41, 5.74) is 0.996. The van der Waals surface area contributed by atoms with Crippen LogP contribution in [0.1, 0.15) is 0 Å². The van der Waals surface area contributed by atoms with E-state index in [9.17, 15) is 4.79 Å². The van der Waals surface area contributed by atoms with Gasteiger partial charge in [0.05, 0.1) is 11.6 Å². The minimum Gasteiger partial charge on any atom is -0.422 e. The summed E-state index contributed by atoms with van der Waals surface area (Å²) >= 11 is 0. The van der Waals surface area contributed by atoms with Gasteiger partial charge < -0.3 is 4.42 Å². The van der Waals surface area contributed by atoms with Crippen LogP contribution in [0.4, 0.5) is 0 Å². The molecule has 1 aromatic carbocycles. The molecule has 0 amide bonds. The van der Waals surface area contributed by atoms with Crippen LogP contribution in [0.3, 0.4) is 0 Å². The van der Waals surface area contributed by atoms with Crippen molar-refractivity contribution >= 4 is 10.9 Å². The third-order valence-electron chi connectivity index (χ3n) is 2.50. The van der Waals surface area contributed by atoms with E-state index in [2.05, 4.69) is 10.2 Å². The summed E-state index contributed by atoms with van der Waals surface area (Å²) in [4.78, 5) is 11.7. The predicted octanol–water partition coefficient (Wildman–Crippen LogP) is 2.25. The highest BCUT2D eigenvalue weighted by atomic mass is 16.4. The smallest absolute Gasteiger partial charge is 0.345 e. The Bertz CT molecular complexity index is 720. The maximum atomic E-state index is 11.7. The lowest BCUT2D eigenvalue weighted by Gasteiger charge is -2.00. The molecular weight excluding hydrogens is 216 g/mol. The summed E-state index contributed by atoms with van der Waals surface area (Å²) < 4.78 is 5.25. The molecule has 0 bridgehead atoms. The van der Waals surface area contributed by atoms with E-state index in [0.717, 1.165) is 5.56 Å². The first-order chi connectivity index (χ1) is 8.34. The molecule has 3 aromatic rings. The van der Waals surface area contributed by atoms with E-state index in [4.69, 9.17) is 4.42 Å². The van der Waals surface area contributed by atoms with Crippen LogP contribution < -0.4 is 5.63 Å². The van der Waals surface area contributed by atoms with Crippen molar-refractivity contribution in [1.29, 1.82) is 0 Å². The Kier molecular flexibility index (Phi) is 2.19. The first-order valence-corrected chi connectivity index (χ1v) is 5.15. The molecule has 17 heavy (non-hydrogen) atoms. The van der Waals surface area contributed by atoms with Gasteiger partial charge in [0.15, 0.2) is 0 Å². The summed E-state index contributed by atoms with van der Waals surface area (Å²) in [6.45, 7) is 0. The zero-order valence-corrected chi connectivity index (χ0v) is 8.83. The van der Waals surface area contributed by atoms with E-state index in [1.807, 2.05) is 30.3 Å². The number of hydrogen-bond donors (Lipinski definition) is 0. The van der Waals surface area contributed by atoms with E-state index in [1.54, 1.807) is 12.1 Å². The monoisotopic (exact) mass is 224 g/mol. The van der Waals surface area contributed by atoms with E-state index in [-0.39, 0.29) is 0 Å². The fourth-order valence-corrected chi connectivity index (χ4v) is 1.68. The van der Waals surface area contributed by atoms with Crippen molar-refractivity contribution in [3.8, 4) is 11.3 Å². The van der Waals surface area contributed by atoms with Crippen molar-refractivity contribution in [2.45, 2.75) is 0 Å². The molecule has 0 saturated carbocycles. The van der Waals surface area contributed by atoms with Gasteiger partial charge in [-0.3, -0.25) is 0 Å². The molecule has 3 rings (SSSR count). The maximum Gasteiger partial charge on any atom is 0.345 e. The largest absolute Gasteiger partial charge is 0.422 e. The van der Waals surface area contributed by atoms with Gasteiger partial charge in [-0.1, -0.05) is 30.3 Å². The fraction of sp³-hybridized carbons (Fsp3) is 0. The Labute approximate surface area is 96.5 Å². The molecule has 0 N–H and O–H groups in total. The molecule has 0 spiro atoms. The molecular formula is C13H8N2O2. The molecule has 0 aliphatic rings. The average Bonchev–Trinajstić information content (AvgIpc) is 2.40. The van der Waals surface area contributed by atoms with Crippen LogP contribution in [-0.4, -0.2) is 10.2 Å². The normalized spacial score (nSPS) is 10.6. The minimum absolute atomic E-state index is 0.392. The maximum absolute atomic E-state index is 11.7. The summed E-state index contributed by atoms with van der Waals surface area (Å²) in [5, 5.41) is 8.12. The number of nitrogens with zero attached hydrogens (tertiary/aromatic N) is 2. The van der Waals surface area contributed by atoms with Crippen LogP contribution in [0.15, 0.2) is 57.9 Å². The Morgan fingerprint density at radius 1 is 1.06 bits per heavy atom. The van der Waals surface area contributed by atoms with Gasteiger partial charge in [0.2, 0.25) is 0 Å². The molecule has 0 aliphatic carbocycles. The zero-order valence-electron chi connectivity index (χ0n) is 8.83. The van der Waals surface area contributed by atoms with Gasteiger partial charge in [-0.2, -0.15) is 10.2 Å². The number of fused-ring (bicyclic) bond motifs is 1. The summed E-state index contributed by atoms with van der Waals surface area (Å²) in [6, 6.07) is 12.7. The molecule has 0 fully saturated rings. The second kappa shape index (κ2) is 3.83. The Morgan fingerprint density at radius 2 is 1.88 bits per heavy atom. The topological polar surface area (TPSA) is 56.0 Å². The highest BCUT2D eigenvalue weighted by Crippen LogP contribution is 2.19. The van der Waals surface area contributed by atoms with Gasteiger partial charge in [0.25, 0.3) is 0 Å². The van der Waals surface area contributed by atoms with Crippen LogP contribution >= 0.6 is 0 Å². The Hall–Kier alpha value is -2.49. The van der Waals surface area contributed by atoms with Crippen molar-refractivity contribution < 1.29 is 4.42 Å². The lowest BCUT2D eigenvalue weighted by Crippen LogP contribution is -2.01. The lowest BCUT2D eigenvalue weighted by molar-refractivity contribution is 0.534. The summed E-state index contributed by atoms with van der Waals surface area (Å²) in [7, 11) is 0. The molecule has 0 aliphatic heterocycles. The van der Waals surface area contributed by atoms with Crippen molar-refractivity contribution in [1.82, 2.24) is 10.2 Å². The SMILES string of the molecule is O=c1oc(-c2ccccc2)cc2nnccc12. The van der Waals surface area contributed by atoms with Gasteiger partial charge in [-0.05, 0) is 6.07 Å². The number of aromatic nitrogens is 2. The van der Waals surface area contributed by atoms with Crippen LogP contribution in [0.25, 0.3) is 22.2 Å². The third-order valence-corrected chi connectivity index (χ3v) is 2.50. The molecule has 0 unspecified atom stereocenters. The van der Waals surface area contributed by atoms with E-state index in [1.165, 1.54) is 6.20 Å². The Morgan fingerprint density at radius 3 is 2.71 bits per heavy atom. The average molecular weight is 224 g/mol. The van der Waals surface area contributed by atoms with Crippen molar-refractivity contribution in [3.63, 3.8) is 0 Å². The molecule has 82 valence electrons. The van der Waals surface area contributed by atoms with Crippen molar-refractivity contribution in [2.24, 2.45) is 0 Å². The van der Waals surface area contributed by atoms with Crippen LogP contribution in [0.2, 0.25) is 0 Å². The predicted molar refractivity (Wildman–Crippen MR) is 63.5 cm³/mol. The van der Waals surface area contributed by atoms with Crippen molar-refractivity contribution in [3.05, 3.63) is 59.1 Å². The first-order valence-electron chi connectivity index (χ1n) is 5.15. The number of hydrogen-bond acceptors (Lipinski definition) is 4. The lowest BCUT2D eigenvalue weighted by atomic mass is 10.1. The van der Waals surface area contributed by atoms with Crippen LogP contribution in [0, 0.1) is 0 Å². The van der Waals surface area contributed by atoms with Gasteiger partial charge in [-0.25, -0.2) is 4.79 Å². The zero-order chi connectivity index (χ0) is 11.7. The second-order valence-corrected chi connectivity index (χ2v) is 3.59. The molecule has 4 heteroatoms. The van der Waals surface area contributed by atoms with Gasteiger partial charge in [0, 0.05) is 11.6 Å². The van der Waals surface area contributed by atoms with Crippen molar-refractivity contribution in [2.75, 3.05) is 0 Å². The molecule has 2 heterocycles. The van der Waals surface area contributed by atoms with E-state index in [0.29, 0.717) is 16.7 Å². The molecule has 0 saturated heterocycles. The fourth-order valence-electron chi connectivity index (χ4n) is 1.68. The highest BCUT2D eigenvalue weighted by molar-refractivity contribution is 5.79. The first kappa shape index (κ1) is 9.72. The van der Waals surface area contributed by atoms with E-state index >= 15 is 0 Å². The van der Waals surface area contributed by atoms with Crippen LogP contribution in [-0.2, 0) is 0 Å². The summed E-state index contributed by atoms with van der Waals surface area (Å²) in [6.07, 6.45) is 1.47. The van der Waals surface area contributed by atoms with Crippen LogP contribution in [0.5, 0.6) is 0 Å². The summed E-state index contributed by atoms with van der Waals surface area (Å²) in [5.74, 6) is 0.503. The Balaban J connectivity index is 2.30. The molecule has 4 nitrogen and oxygen atoms in total. The van der Waals surface area contributed by atoms with Gasteiger partial charge in [-0.15, -0.1) is 0 Å². The molecule has 2 aromatic heterocycles. The highest BCUT2D eigenvalue weighted by Gasteiger charge is 2.06. The quantitative estimate of drug-likeness (QED) is 0.636. The molecule has 0 atom stereocenters. The third kappa shape index (κ3) is 1.69. The standard InChI is InChI=1S/C13H8N2O2/c16-13-10-6-7-14-15-11(10)8-12(17-13)9-4-2-1-3-5-9/h1-8H. The molecule has 0 radical (unpaired) electrons. The number of rotatable bonds is 1. The minimum atomic E-state index is -0.392. The van der Waals surface area contributed by atoms with Gasteiger partial charge >= 0.3 is 5.63 Å². The second-order valence-electron chi connectivity index (χ2n) is 3.59. The van der Waals surface area contributed by atoms with E-state index < -0.39 is 5.63 Å². The van der Waals surface area contributed by atoms with Gasteiger partial charge in [0.1, 0.15) is 11.3 Å². The number of benzene rings is 1.